The van der Waals surface area contributed by atoms with Gasteiger partial charge in [0.25, 0.3) is 0 Å². The van der Waals surface area contributed by atoms with Gasteiger partial charge in [-0.05, 0) is 32.7 Å². The maximum Gasteiger partial charge on any atom is 0.150 e. The number of likely N-dealkylation sites (tertiary alicyclic amines) is 1. The standard InChI is InChI=1S/C12H21N3O2S/c1-14-12(10-13)4-6-15(7-5-12)11-2-8-18(16,17)9-3-11/h11,14H,2-9H2,1H3. The van der Waals surface area contributed by atoms with Gasteiger partial charge in [0.2, 0.25) is 0 Å². The lowest BCUT2D eigenvalue weighted by molar-refractivity contribution is 0.117. The molecule has 2 fully saturated rings. The lowest BCUT2D eigenvalue weighted by Gasteiger charge is -2.42. The molecule has 2 aliphatic heterocycles. The molecule has 2 rings (SSSR count). The third-order valence-electron chi connectivity index (χ3n) is 4.38. The summed E-state index contributed by atoms with van der Waals surface area (Å²) in [5.74, 6) is 0.646. The number of sulfone groups is 1. The van der Waals surface area contributed by atoms with Crippen LogP contribution in [0.3, 0.4) is 0 Å². The van der Waals surface area contributed by atoms with Crippen molar-refractivity contribution >= 4 is 9.84 Å². The molecule has 102 valence electrons. The Hall–Kier alpha value is -0.640. The third-order valence-corrected chi connectivity index (χ3v) is 6.10. The maximum atomic E-state index is 11.4. The first-order chi connectivity index (χ1) is 8.50. The smallest absolute Gasteiger partial charge is 0.150 e. The molecule has 0 amide bonds. The summed E-state index contributed by atoms with van der Waals surface area (Å²) in [6.45, 7) is 1.78. The summed E-state index contributed by atoms with van der Waals surface area (Å²) < 4.78 is 22.8. The highest BCUT2D eigenvalue weighted by Gasteiger charge is 2.36. The molecule has 6 heteroatoms. The van der Waals surface area contributed by atoms with Crippen molar-refractivity contribution in [2.75, 3.05) is 31.6 Å². The molecule has 2 heterocycles. The van der Waals surface area contributed by atoms with Crippen LogP contribution in [0.25, 0.3) is 0 Å². The minimum absolute atomic E-state index is 0.323. The average molecular weight is 271 g/mol. The summed E-state index contributed by atoms with van der Waals surface area (Å²) in [5, 5.41) is 12.3. The molecule has 0 radical (unpaired) electrons. The van der Waals surface area contributed by atoms with Gasteiger partial charge in [-0.2, -0.15) is 5.26 Å². The Kier molecular flexibility index (Phi) is 3.95. The zero-order valence-electron chi connectivity index (χ0n) is 10.9. The van der Waals surface area contributed by atoms with Gasteiger partial charge in [-0.25, -0.2) is 8.42 Å². The number of hydrogen-bond acceptors (Lipinski definition) is 5. The van der Waals surface area contributed by atoms with Crippen molar-refractivity contribution in [3.05, 3.63) is 0 Å². The second kappa shape index (κ2) is 5.16. The highest BCUT2D eigenvalue weighted by atomic mass is 32.2. The zero-order chi connectivity index (χ0) is 13.2. The second-order valence-electron chi connectivity index (χ2n) is 5.36. The van der Waals surface area contributed by atoms with E-state index < -0.39 is 9.84 Å². The fourth-order valence-corrected chi connectivity index (χ4v) is 4.40. The summed E-state index contributed by atoms with van der Waals surface area (Å²) in [6.07, 6.45) is 3.15. The van der Waals surface area contributed by atoms with Crippen molar-refractivity contribution in [1.82, 2.24) is 10.2 Å². The van der Waals surface area contributed by atoms with Crippen LogP contribution in [0.4, 0.5) is 0 Å². The second-order valence-corrected chi connectivity index (χ2v) is 7.67. The molecule has 0 atom stereocenters. The van der Waals surface area contributed by atoms with Crippen molar-refractivity contribution in [2.24, 2.45) is 0 Å². The van der Waals surface area contributed by atoms with Gasteiger partial charge in [-0.15, -0.1) is 0 Å². The lowest BCUT2D eigenvalue weighted by atomic mass is 9.88. The number of nitrogens with zero attached hydrogens (tertiary/aromatic N) is 2. The van der Waals surface area contributed by atoms with Gasteiger partial charge < -0.3 is 10.2 Å². The summed E-state index contributed by atoms with van der Waals surface area (Å²) in [6, 6.07) is 2.76. The van der Waals surface area contributed by atoms with Gasteiger partial charge in [-0.1, -0.05) is 0 Å². The fraction of sp³-hybridized carbons (Fsp3) is 0.917. The predicted octanol–water partition coefficient (Wildman–Crippen LogP) is 0.141. The van der Waals surface area contributed by atoms with Crippen LogP contribution in [0.5, 0.6) is 0 Å². The predicted molar refractivity (Wildman–Crippen MR) is 69.9 cm³/mol. The van der Waals surface area contributed by atoms with Crippen molar-refractivity contribution in [1.29, 1.82) is 5.26 Å². The maximum absolute atomic E-state index is 11.4. The first kappa shape index (κ1) is 13.8. The molecule has 0 unspecified atom stereocenters. The van der Waals surface area contributed by atoms with E-state index in [1.807, 2.05) is 7.05 Å². The molecule has 2 saturated heterocycles. The van der Waals surface area contributed by atoms with Crippen molar-refractivity contribution in [2.45, 2.75) is 37.3 Å². The first-order valence-electron chi connectivity index (χ1n) is 6.55. The average Bonchev–Trinajstić information content (AvgIpc) is 2.39. The quantitative estimate of drug-likeness (QED) is 0.773. The molecular formula is C12H21N3O2S. The Labute approximate surface area is 109 Å². The van der Waals surface area contributed by atoms with Crippen LogP contribution in [0.2, 0.25) is 0 Å². The van der Waals surface area contributed by atoms with Crippen LogP contribution in [-0.4, -0.2) is 56.5 Å². The topological polar surface area (TPSA) is 73.2 Å². The summed E-state index contributed by atoms with van der Waals surface area (Å²) in [5.41, 5.74) is -0.378. The minimum Gasteiger partial charge on any atom is -0.302 e. The highest BCUT2D eigenvalue weighted by Crippen LogP contribution is 2.26. The Bertz CT molecular complexity index is 419. The SMILES string of the molecule is CNC1(C#N)CCN(C2CCS(=O)(=O)CC2)CC1. The van der Waals surface area contributed by atoms with E-state index in [9.17, 15) is 13.7 Å². The van der Waals surface area contributed by atoms with Crippen LogP contribution in [0.1, 0.15) is 25.7 Å². The molecule has 0 aromatic carbocycles. The number of hydrogen-bond donors (Lipinski definition) is 1. The molecule has 1 N–H and O–H groups in total. The van der Waals surface area contributed by atoms with Crippen molar-refractivity contribution < 1.29 is 8.42 Å². The number of nitriles is 1. The Morgan fingerprint density at radius 2 is 1.83 bits per heavy atom. The molecule has 0 aromatic rings. The van der Waals surface area contributed by atoms with Crippen LogP contribution < -0.4 is 5.32 Å². The molecule has 18 heavy (non-hydrogen) atoms. The van der Waals surface area contributed by atoms with Gasteiger partial charge in [-0.3, -0.25) is 0 Å². The highest BCUT2D eigenvalue weighted by molar-refractivity contribution is 7.91. The molecule has 0 aromatic heterocycles. The lowest BCUT2D eigenvalue weighted by Crippen LogP contribution is -2.54. The normalized spacial score (nSPS) is 28.7. The summed E-state index contributed by atoms with van der Waals surface area (Å²) >= 11 is 0. The monoisotopic (exact) mass is 271 g/mol. The van der Waals surface area contributed by atoms with Gasteiger partial charge >= 0.3 is 0 Å². The van der Waals surface area contributed by atoms with E-state index in [4.69, 9.17) is 0 Å². The molecule has 0 bridgehead atoms. The van der Waals surface area contributed by atoms with E-state index in [1.54, 1.807) is 0 Å². The van der Waals surface area contributed by atoms with Gasteiger partial charge in [0.15, 0.2) is 0 Å². The first-order valence-corrected chi connectivity index (χ1v) is 8.37. The number of rotatable bonds is 2. The van der Waals surface area contributed by atoms with Crippen molar-refractivity contribution in [3.8, 4) is 6.07 Å². The van der Waals surface area contributed by atoms with Crippen LogP contribution >= 0.6 is 0 Å². The van der Waals surface area contributed by atoms with Gasteiger partial charge in [0, 0.05) is 19.1 Å². The van der Waals surface area contributed by atoms with E-state index >= 15 is 0 Å². The van der Waals surface area contributed by atoms with Crippen LogP contribution in [0.15, 0.2) is 0 Å². The van der Waals surface area contributed by atoms with E-state index in [2.05, 4.69) is 16.3 Å². The minimum atomic E-state index is -2.78. The molecular weight excluding hydrogens is 250 g/mol. The van der Waals surface area contributed by atoms with Gasteiger partial charge in [0.05, 0.1) is 17.6 Å². The molecule has 0 saturated carbocycles. The van der Waals surface area contributed by atoms with E-state index in [1.165, 1.54) is 0 Å². The Morgan fingerprint density at radius 1 is 1.28 bits per heavy atom. The third kappa shape index (κ3) is 2.85. The number of nitrogens with one attached hydrogen (secondary N) is 1. The zero-order valence-corrected chi connectivity index (χ0v) is 11.7. The summed E-state index contributed by atoms with van der Waals surface area (Å²) in [7, 11) is -0.939. The van der Waals surface area contributed by atoms with Crippen molar-refractivity contribution in [3.63, 3.8) is 0 Å². The van der Waals surface area contributed by atoms with E-state index in [0.717, 1.165) is 38.8 Å². The summed E-state index contributed by atoms with van der Waals surface area (Å²) in [4.78, 5) is 2.36. The molecule has 0 spiro atoms. The largest absolute Gasteiger partial charge is 0.302 e. The van der Waals surface area contributed by atoms with E-state index in [0.29, 0.717) is 17.5 Å². The molecule has 0 aliphatic carbocycles. The van der Waals surface area contributed by atoms with Gasteiger partial charge in [0.1, 0.15) is 15.4 Å². The molecule has 5 nitrogen and oxygen atoms in total. The number of piperidine rings is 1. The Morgan fingerprint density at radius 3 is 2.28 bits per heavy atom. The van der Waals surface area contributed by atoms with Crippen LogP contribution in [0, 0.1) is 11.3 Å². The van der Waals surface area contributed by atoms with E-state index in [-0.39, 0.29) is 5.54 Å². The van der Waals surface area contributed by atoms with Crippen LogP contribution in [-0.2, 0) is 9.84 Å². The fourth-order valence-electron chi connectivity index (χ4n) is 2.93. The Balaban J connectivity index is 1.90. The molecule has 2 aliphatic rings.